The predicted octanol–water partition coefficient (Wildman–Crippen LogP) is 2.48. The first-order chi connectivity index (χ1) is 9.84. The lowest BCUT2D eigenvalue weighted by Gasteiger charge is -2.31. The van der Waals surface area contributed by atoms with E-state index in [1.165, 1.54) is 30.4 Å². The van der Waals surface area contributed by atoms with Crippen molar-refractivity contribution < 1.29 is 18.3 Å². The Hall–Kier alpha value is -1.08. The van der Waals surface area contributed by atoms with Gasteiger partial charge in [-0.2, -0.15) is 13.2 Å². The molecule has 1 fully saturated rings. The van der Waals surface area contributed by atoms with Crippen LogP contribution >= 0.6 is 0 Å². The third-order valence-electron chi connectivity index (χ3n) is 4.19. The number of nitrogens with zero attached hydrogens (tertiary/aromatic N) is 2. The molecular weight excluding hydrogens is 283 g/mol. The average molecular weight is 305 g/mol. The number of rotatable bonds is 5. The van der Waals surface area contributed by atoms with Gasteiger partial charge in [-0.3, -0.25) is 0 Å². The number of aliphatic hydroxyl groups is 1. The lowest BCUT2D eigenvalue weighted by atomic mass is 9.94. The van der Waals surface area contributed by atoms with Gasteiger partial charge >= 0.3 is 6.18 Å². The van der Waals surface area contributed by atoms with Crippen LogP contribution in [0.15, 0.2) is 12.4 Å². The van der Waals surface area contributed by atoms with Crippen molar-refractivity contribution in [2.45, 2.75) is 56.3 Å². The summed E-state index contributed by atoms with van der Waals surface area (Å²) in [5.41, 5.74) is -2.91. The molecule has 0 spiro atoms. The monoisotopic (exact) mass is 305 g/mol. The van der Waals surface area contributed by atoms with Crippen molar-refractivity contribution in [3.05, 3.63) is 18.2 Å². The highest BCUT2D eigenvalue weighted by molar-refractivity contribution is 5.08. The molecule has 0 radical (unpaired) electrons. The van der Waals surface area contributed by atoms with Crippen LogP contribution in [-0.2, 0) is 12.6 Å². The zero-order valence-corrected chi connectivity index (χ0v) is 12.2. The molecule has 0 saturated heterocycles. The minimum atomic E-state index is -4.75. The first-order valence-corrected chi connectivity index (χ1v) is 7.35. The number of halogens is 3. The van der Waals surface area contributed by atoms with Crippen LogP contribution in [0.2, 0.25) is 0 Å². The summed E-state index contributed by atoms with van der Waals surface area (Å²) in [6.07, 6.45) is 2.89. The standard InChI is InChI=1S/C14H22F3N3O/c1-20-10-9-19-12(20)13(21,14(15,16)17)7-8-18-11-5-3-2-4-6-11/h9-11,18,21H,2-8H2,1H3. The molecule has 7 heteroatoms. The molecule has 0 amide bonds. The SMILES string of the molecule is Cn1ccnc1C(O)(CCNC1CCCCC1)C(F)(F)F. The van der Waals surface area contributed by atoms with Gasteiger partial charge in [-0.05, 0) is 19.4 Å². The van der Waals surface area contributed by atoms with Gasteiger partial charge in [0, 0.05) is 31.9 Å². The van der Waals surface area contributed by atoms with Crippen molar-refractivity contribution in [3.8, 4) is 0 Å². The molecular formula is C14H22F3N3O. The van der Waals surface area contributed by atoms with Crippen LogP contribution in [0.4, 0.5) is 13.2 Å². The Morgan fingerprint density at radius 3 is 2.52 bits per heavy atom. The summed E-state index contributed by atoms with van der Waals surface area (Å²) in [5.74, 6) is -0.361. The van der Waals surface area contributed by atoms with E-state index in [0.717, 1.165) is 25.7 Å². The summed E-state index contributed by atoms with van der Waals surface area (Å²) >= 11 is 0. The summed E-state index contributed by atoms with van der Waals surface area (Å²) in [7, 11) is 1.45. The van der Waals surface area contributed by atoms with E-state index in [1.54, 1.807) is 0 Å². The summed E-state index contributed by atoms with van der Waals surface area (Å²) in [5, 5.41) is 13.3. The van der Waals surface area contributed by atoms with E-state index < -0.39 is 18.2 Å². The number of nitrogens with one attached hydrogen (secondary N) is 1. The molecule has 2 rings (SSSR count). The Labute approximate surface area is 122 Å². The van der Waals surface area contributed by atoms with Crippen molar-refractivity contribution in [1.82, 2.24) is 14.9 Å². The largest absolute Gasteiger partial charge is 0.424 e. The second-order valence-electron chi connectivity index (χ2n) is 5.76. The van der Waals surface area contributed by atoms with E-state index >= 15 is 0 Å². The molecule has 1 heterocycles. The van der Waals surface area contributed by atoms with E-state index in [0.29, 0.717) is 0 Å². The van der Waals surface area contributed by atoms with Crippen molar-refractivity contribution in [2.75, 3.05) is 6.54 Å². The predicted molar refractivity (Wildman–Crippen MR) is 72.7 cm³/mol. The lowest BCUT2D eigenvalue weighted by molar-refractivity contribution is -0.272. The van der Waals surface area contributed by atoms with Gasteiger partial charge in [-0.25, -0.2) is 4.98 Å². The molecule has 120 valence electrons. The van der Waals surface area contributed by atoms with Crippen molar-refractivity contribution in [2.24, 2.45) is 7.05 Å². The zero-order valence-electron chi connectivity index (χ0n) is 12.2. The third kappa shape index (κ3) is 3.58. The number of hydrogen-bond acceptors (Lipinski definition) is 3. The fourth-order valence-corrected chi connectivity index (χ4v) is 2.91. The van der Waals surface area contributed by atoms with Crippen LogP contribution in [0.25, 0.3) is 0 Å². The Morgan fingerprint density at radius 1 is 1.33 bits per heavy atom. The zero-order chi connectivity index (χ0) is 15.5. The Kier molecular flexibility index (Phi) is 4.93. The van der Waals surface area contributed by atoms with Crippen molar-refractivity contribution >= 4 is 0 Å². The number of aromatic nitrogens is 2. The highest BCUT2D eigenvalue weighted by Crippen LogP contribution is 2.40. The normalized spacial score (nSPS) is 20.4. The second-order valence-corrected chi connectivity index (χ2v) is 5.76. The quantitative estimate of drug-likeness (QED) is 0.879. The molecule has 1 aliphatic rings. The summed E-state index contributed by atoms with van der Waals surface area (Å²) in [6, 6.07) is 0.262. The van der Waals surface area contributed by atoms with Crippen LogP contribution in [0.3, 0.4) is 0 Å². The molecule has 2 N–H and O–H groups in total. The van der Waals surface area contributed by atoms with Gasteiger partial charge in [-0.15, -0.1) is 0 Å². The molecule has 1 saturated carbocycles. The number of aryl methyl sites for hydroxylation is 1. The lowest BCUT2D eigenvalue weighted by Crippen LogP contribution is -2.47. The van der Waals surface area contributed by atoms with Gasteiger partial charge < -0.3 is 15.0 Å². The number of alkyl halides is 3. The van der Waals surface area contributed by atoms with Crippen LogP contribution in [0.5, 0.6) is 0 Å². The molecule has 1 unspecified atom stereocenters. The Bertz CT molecular complexity index is 455. The van der Waals surface area contributed by atoms with Gasteiger partial charge in [0.25, 0.3) is 0 Å². The molecule has 4 nitrogen and oxygen atoms in total. The molecule has 0 aliphatic heterocycles. The van der Waals surface area contributed by atoms with E-state index in [1.807, 2.05) is 0 Å². The highest BCUT2D eigenvalue weighted by atomic mass is 19.4. The van der Waals surface area contributed by atoms with Gasteiger partial charge in [0.15, 0.2) is 0 Å². The highest BCUT2D eigenvalue weighted by Gasteiger charge is 2.57. The van der Waals surface area contributed by atoms with E-state index in [-0.39, 0.29) is 18.4 Å². The van der Waals surface area contributed by atoms with Gasteiger partial charge in [0.2, 0.25) is 5.60 Å². The summed E-state index contributed by atoms with van der Waals surface area (Å²) in [4.78, 5) is 3.68. The van der Waals surface area contributed by atoms with Crippen LogP contribution in [0.1, 0.15) is 44.3 Å². The van der Waals surface area contributed by atoms with E-state index in [2.05, 4.69) is 10.3 Å². The molecule has 0 aromatic carbocycles. The number of hydrogen-bond donors (Lipinski definition) is 2. The van der Waals surface area contributed by atoms with Gasteiger partial charge in [0.1, 0.15) is 5.82 Å². The molecule has 1 atom stereocenters. The molecule has 1 aromatic rings. The Morgan fingerprint density at radius 2 is 2.00 bits per heavy atom. The maximum Gasteiger partial charge on any atom is 0.424 e. The minimum Gasteiger partial charge on any atom is -0.374 e. The van der Waals surface area contributed by atoms with Crippen LogP contribution < -0.4 is 5.32 Å². The minimum absolute atomic E-state index is 0.119. The smallest absolute Gasteiger partial charge is 0.374 e. The average Bonchev–Trinajstić information content (AvgIpc) is 2.85. The number of imidazole rings is 1. The van der Waals surface area contributed by atoms with E-state index in [9.17, 15) is 18.3 Å². The fraction of sp³-hybridized carbons (Fsp3) is 0.786. The third-order valence-corrected chi connectivity index (χ3v) is 4.19. The van der Waals surface area contributed by atoms with Gasteiger partial charge in [-0.1, -0.05) is 19.3 Å². The topological polar surface area (TPSA) is 50.1 Å². The maximum atomic E-state index is 13.3. The molecule has 21 heavy (non-hydrogen) atoms. The first-order valence-electron chi connectivity index (χ1n) is 7.35. The molecule has 1 aliphatic carbocycles. The maximum absolute atomic E-state index is 13.3. The Balaban J connectivity index is 2.02. The fourth-order valence-electron chi connectivity index (χ4n) is 2.91. The van der Waals surface area contributed by atoms with Crippen molar-refractivity contribution in [1.29, 1.82) is 0 Å². The first kappa shape index (κ1) is 16.3. The summed E-state index contributed by atoms with van der Waals surface area (Å²) in [6.45, 7) is 0.119. The van der Waals surface area contributed by atoms with Gasteiger partial charge in [0.05, 0.1) is 0 Å². The van der Waals surface area contributed by atoms with Crippen LogP contribution in [0, 0.1) is 0 Å². The van der Waals surface area contributed by atoms with E-state index in [4.69, 9.17) is 0 Å². The summed E-state index contributed by atoms with van der Waals surface area (Å²) < 4.78 is 41.1. The molecule has 1 aromatic heterocycles. The second kappa shape index (κ2) is 6.36. The molecule has 0 bridgehead atoms. The van der Waals surface area contributed by atoms with Crippen molar-refractivity contribution in [3.63, 3.8) is 0 Å². The van der Waals surface area contributed by atoms with Crippen LogP contribution in [-0.4, -0.2) is 33.4 Å².